The molecular formula is C14H15N2NaO4. The van der Waals surface area contributed by atoms with Gasteiger partial charge in [0.2, 0.25) is 0 Å². The monoisotopic (exact) mass is 298 g/mol. The molecule has 7 heteroatoms. The quantitative estimate of drug-likeness (QED) is 0.580. The second kappa shape index (κ2) is 6.79. The molecule has 0 bridgehead atoms. The number of ether oxygens (including phenoxy) is 1. The summed E-state index contributed by atoms with van der Waals surface area (Å²) in [6, 6.07) is 7.54. The largest absolute Gasteiger partial charge is 1.00 e. The van der Waals surface area contributed by atoms with Gasteiger partial charge in [-0.2, -0.15) is 0 Å². The molecule has 2 aliphatic heterocycles. The first-order chi connectivity index (χ1) is 9.66. The maximum atomic E-state index is 12.5. The number of aliphatic carboxylic acids is 1. The van der Waals surface area contributed by atoms with Crippen LogP contribution in [0, 0.1) is 0 Å². The number of carbonyl (C=O) groups excluding carboxylic acids is 2. The van der Waals surface area contributed by atoms with Gasteiger partial charge in [-0.15, -0.1) is 0 Å². The van der Waals surface area contributed by atoms with Crippen LogP contribution < -0.4 is 44.9 Å². The first-order valence-corrected chi connectivity index (χ1v) is 6.67. The van der Waals surface area contributed by atoms with Crippen LogP contribution >= 0.6 is 0 Å². The summed E-state index contributed by atoms with van der Waals surface area (Å²) in [7, 11) is 0. The first kappa shape index (κ1) is 16.3. The molecule has 2 heterocycles. The molecule has 106 valence electrons. The van der Waals surface area contributed by atoms with Crippen LogP contribution in [0.5, 0.6) is 0 Å². The molecule has 2 atom stereocenters. The summed E-state index contributed by atoms with van der Waals surface area (Å²) in [5.41, 5.74) is 1.71. The molecule has 1 N–H and O–H groups in total. The maximum absolute atomic E-state index is 12.5. The Morgan fingerprint density at radius 1 is 1.24 bits per heavy atom. The average molecular weight is 298 g/mol. The number of anilines is 2. The van der Waals surface area contributed by atoms with E-state index in [0.29, 0.717) is 25.9 Å². The SMILES string of the molecule is O=C([O-])[C@@H]1CC[C@H](C(=O)N2CCNc3ccccc32)O1.[Na+]. The number of nitrogens with one attached hydrogen (secondary N) is 1. The van der Waals surface area contributed by atoms with Gasteiger partial charge in [0.05, 0.1) is 23.4 Å². The van der Waals surface area contributed by atoms with Crippen molar-refractivity contribution in [1.29, 1.82) is 0 Å². The molecule has 2 aliphatic rings. The molecule has 0 saturated carbocycles. The molecule has 21 heavy (non-hydrogen) atoms. The molecule has 0 unspecified atom stereocenters. The second-order valence-electron chi connectivity index (χ2n) is 4.94. The van der Waals surface area contributed by atoms with Gasteiger partial charge in [0.15, 0.2) is 0 Å². The van der Waals surface area contributed by atoms with E-state index in [9.17, 15) is 14.7 Å². The van der Waals surface area contributed by atoms with Crippen molar-refractivity contribution >= 4 is 23.3 Å². The van der Waals surface area contributed by atoms with E-state index < -0.39 is 18.2 Å². The van der Waals surface area contributed by atoms with Crippen LogP contribution in [0.3, 0.4) is 0 Å². The average Bonchev–Trinajstić information content (AvgIpc) is 2.96. The number of fused-ring (bicyclic) bond motifs is 1. The molecule has 1 fully saturated rings. The van der Waals surface area contributed by atoms with Crippen LogP contribution in [0.1, 0.15) is 12.8 Å². The number of carbonyl (C=O) groups is 2. The summed E-state index contributed by atoms with van der Waals surface area (Å²) in [6.45, 7) is 1.21. The standard InChI is InChI=1S/C14H16N2O4.Na/c17-13(11-5-6-12(20-11)14(18)19)16-8-7-15-9-3-1-2-4-10(9)16;/h1-4,11-12,15H,5-8H2,(H,18,19);/q;+1/p-1/t11-,12+;/m1./s1. The summed E-state index contributed by atoms with van der Waals surface area (Å²) >= 11 is 0. The normalized spacial score (nSPS) is 23.7. The number of carboxylic acids is 1. The zero-order valence-corrected chi connectivity index (χ0v) is 13.9. The van der Waals surface area contributed by atoms with Crippen molar-refractivity contribution in [2.45, 2.75) is 25.0 Å². The van der Waals surface area contributed by atoms with Crippen LogP contribution in [-0.4, -0.2) is 37.2 Å². The molecule has 1 saturated heterocycles. The van der Waals surface area contributed by atoms with Gasteiger partial charge in [0, 0.05) is 13.1 Å². The summed E-state index contributed by atoms with van der Waals surface area (Å²) in [4.78, 5) is 24.9. The third-order valence-corrected chi connectivity index (χ3v) is 3.67. The zero-order chi connectivity index (χ0) is 14.1. The van der Waals surface area contributed by atoms with Crippen molar-refractivity contribution in [3.8, 4) is 0 Å². The second-order valence-corrected chi connectivity index (χ2v) is 4.94. The number of benzene rings is 1. The van der Waals surface area contributed by atoms with E-state index in [4.69, 9.17) is 4.74 Å². The van der Waals surface area contributed by atoms with E-state index in [1.54, 1.807) is 4.90 Å². The van der Waals surface area contributed by atoms with Crippen LogP contribution in [0.2, 0.25) is 0 Å². The Bertz CT molecular complexity index is 552. The van der Waals surface area contributed by atoms with Gasteiger partial charge in [-0.05, 0) is 25.0 Å². The fourth-order valence-electron chi connectivity index (χ4n) is 2.68. The van der Waals surface area contributed by atoms with Crippen molar-refractivity contribution in [2.24, 2.45) is 0 Å². The summed E-state index contributed by atoms with van der Waals surface area (Å²) in [6.07, 6.45) is -0.915. The van der Waals surface area contributed by atoms with Crippen LogP contribution in [0.4, 0.5) is 11.4 Å². The van der Waals surface area contributed by atoms with Gasteiger partial charge in [-0.25, -0.2) is 0 Å². The number of nitrogens with zero attached hydrogens (tertiary/aromatic N) is 1. The fraction of sp³-hybridized carbons (Fsp3) is 0.429. The number of hydrogen-bond donors (Lipinski definition) is 1. The van der Waals surface area contributed by atoms with E-state index in [1.807, 2.05) is 24.3 Å². The summed E-state index contributed by atoms with van der Waals surface area (Å²) < 4.78 is 5.28. The van der Waals surface area contributed by atoms with Gasteiger partial charge < -0.3 is 24.9 Å². The molecule has 0 aromatic heterocycles. The first-order valence-electron chi connectivity index (χ1n) is 6.67. The van der Waals surface area contributed by atoms with Gasteiger partial charge in [0.1, 0.15) is 6.10 Å². The van der Waals surface area contributed by atoms with Crippen molar-refractivity contribution < 1.29 is 49.0 Å². The van der Waals surface area contributed by atoms with Gasteiger partial charge in [-0.1, -0.05) is 12.1 Å². The third-order valence-electron chi connectivity index (χ3n) is 3.67. The van der Waals surface area contributed by atoms with Crippen LogP contribution in [0.25, 0.3) is 0 Å². The van der Waals surface area contributed by atoms with E-state index in [-0.39, 0.29) is 35.5 Å². The minimum atomic E-state index is -1.25. The number of hydrogen-bond acceptors (Lipinski definition) is 5. The van der Waals surface area contributed by atoms with Crippen LogP contribution in [-0.2, 0) is 14.3 Å². The summed E-state index contributed by atoms with van der Waals surface area (Å²) in [5, 5.41) is 14.0. The van der Waals surface area contributed by atoms with Crippen molar-refractivity contribution in [3.05, 3.63) is 24.3 Å². The van der Waals surface area contributed by atoms with E-state index in [2.05, 4.69) is 5.32 Å². The Balaban J connectivity index is 0.00000161. The number of rotatable bonds is 2. The smallest absolute Gasteiger partial charge is 0.547 e. The fourth-order valence-corrected chi connectivity index (χ4v) is 2.68. The topological polar surface area (TPSA) is 81.7 Å². The Morgan fingerprint density at radius 3 is 2.67 bits per heavy atom. The zero-order valence-electron chi connectivity index (χ0n) is 11.9. The van der Waals surface area contributed by atoms with Gasteiger partial charge in [0.25, 0.3) is 5.91 Å². The van der Waals surface area contributed by atoms with Crippen molar-refractivity contribution in [2.75, 3.05) is 23.3 Å². The molecule has 1 aromatic carbocycles. The van der Waals surface area contributed by atoms with E-state index in [1.165, 1.54) is 0 Å². The predicted molar refractivity (Wildman–Crippen MR) is 70.2 cm³/mol. The number of carboxylic acid groups (broad SMARTS) is 1. The Morgan fingerprint density at radius 2 is 1.95 bits per heavy atom. The molecular weight excluding hydrogens is 283 g/mol. The number of para-hydroxylation sites is 2. The van der Waals surface area contributed by atoms with Gasteiger partial charge >= 0.3 is 29.6 Å². The molecule has 6 nitrogen and oxygen atoms in total. The molecule has 1 amide bonds. The number of amides is 1. The van der Waals surface area contributed by atoms with Crippen LogP contribution in [0.15, 0.2) is 24.3 Å². The Kier molecular flexibility index (Phi) is 5.27. The maximum Gasteiger partial charge on any atom is 1.00 e. The van der Waals surface area contributed by atoms with E-state index >= 15 is 0 Å². The predicted octanol–water partition coefficient (Wildman–Crippen LogP) is -3.25. The molecule has 0 spiro atoms. The Hall–Kier alpha value is -1.08. The van der Waals surface area contributed by atoms with Crippen molar-refractivity contribution in [3.63, 3.8) is 0 Å². The molecule has 0 aliphatic carbocycles. The molecule has 3 rings (SSSR count). The van der Waals surface area contributed by atoms with E-state index in [0.717, 1.165) is 11.4 Å². The van der Waals surface area contributed by atoms with Gasteiger partial charge in [-0.3, -0.25) is 4.79 Å². The Labute approximate surface area is 144 Å². The minimum Gasteiger partial charge on any atom is -0.547 e. The summed E-state index contributed by atoms with van der Waals surface area (Å²) in [5.74, 6) is -1.43. The molecule has 0 radical (unpaired) electrons. The minimum absolute atomic E-state index is 0. The van der Waals surface area contributed by atoms with Crippen molar-refractivity contribution in [1.82, 2.24) is 0 Å². The molecule has 1 aromatic rings. The third kappa shape index (κ3) is 3.23.